The minimum absolute atomic E-state index is 0.200. The van der Waals surface area contributed by atoms with Gasteiger partial charge in [-0.1, -0.05) is 0 Å². The van der Waals surface area contributed by atoms with Crippen LogP contribution in [0.25, 0.3) is 0 Å². The second-order valence-electron chi connectivity index (χ2n) is 4.33. The molecule has 0 spiro atoms. The molecule has 0 radical (unpaired) electrons. The van der Waals surface area contributed by atoms with Gasteiger partial charge in [0.25, 0.3) is 0 Å². The van der Waals surface area contributed by atoms with Gasteiger partial charge < -0.3 is 15.3 Å². The molecule has 1 fully saturated rings. The second kappa shape index (κ2) is 6.15. The Balaban J connectivity index is 1.93. The van der Waals surface area contributed by atoms with Crippen molar-refractivity contribution in [2.75, 3.05) is 31.5 Å². The molecule has 5 nitrogen and oxygen atoms in total. The number of carboxylic acids is 1. The van der Waals surface area contributed by atoms with E-state index < -0.39 is 5.97 Å². The van der Waals surface area contributed by atoms with Crippen molar-refractivity contribution in [1.82, 2.24) is 9.88 Å². The Hall–Kier alpha value is -1.14. The van der Waals surface area contributed by atoms with E-state index in [0.29, 0.717) is 10.3 Å². The molecule has 0 unspecified atom stereocenters. The zero-order valence-electron chi connectivity index (χ0n) is 10.0. The lowest BCUT2D eigenvalue weighted by Gasteiger charge is -2.15. The minimum Gasteiger partial charge on any atom is -0.478 e. The number of aromatic carboxylic acids is 1. The van der Waals surface area contributed by atoms with Crippen LogP contribution in [-0.4, -0.2) is 47.1 Å². The van der Waals surface area contributed by atoms with Crippen molar-refractivity contribution in [2.45, 2.75) is 12.8 Å². The van der Waals surface area contributed by atoms with Crippen LogP contribution in [0.2, 0.25) is 0 Å². The second-order valence-corrected chi connectivity index (χ2v) is 5.25. The molecule has 98 valence electrons. The first-order valence-electron chi connectivity index (χ1n) is 6.02. The summed E-state index contributed by atoms with van der Waals surface area (Å²) in [6.45, 7) is 3.92. The van der Waals surface area contributed by atoms with Gasteiger partial charge in [0.05, 0.1) is 0 Å². The summed E-state index contributed by atoms with van der Waals surface area (Å²) < 4.78 is 0.671. The van der Waals surface area contributed by atoms with E-state index in [4.69, 9.17) is 5.11 Å². The number of carbonyl (C=O) groups is 1. The standard InChI is InChI=1S/C12H16BrN3O2/c13-9-7-10(12(17)18)11(15-8-9)14-3-6-16-4-1-2-5-16/h7-8H,1-6H2,(H,14,15)(H,17,18). The van der Waals surface area contributed by atoms with E-state index >= 15 is 0 Å². The monoisotopic (exact) mass is 313 g/mol. The molecule has 0 saturated carbocycles. The van der Waals surface area contributed by atoms with Gasteiger partial charge in [-0.15, -0.1) is 0 Å². The minimum atomic E-state index is -0.965. The van der Waals surface area contributed by atoms with Crippen LogP contribution in [-0.2, 0) is 0 Å². The summed E-state index contributed by atoms with van der Waals surface area (Å²) >= 11 is 3.22. The van der Waals surface area contributed by atoms with Crippen LogP contribution in [0.15, 0.2) is 16.7 Å². The molecule has 0 atom stereocenters. The van der Waals surface area contributed by atoms with Gasteiger partial charge in [0.1, 0.15) is 11.4 Å². The van der Waals surface area contributed by atoms with Crippen molar-refractivity contribution in [3.8, 4) is 0 Å². The maximum atomic E-state index is 11.1. The summed E-state index contributed by atoms with van der Waals surface area (Å²) in [6, 6.07) is 1.56. The molecule has 2 N–H and O–H groups in total. The fourth-order valence-corrected chi connectivity index (χ4v) is 2.41. The molecule has 0 bridgehead atoms. The Morgan fingerprint density at radius 3 is 2.89 bits per heavy atom. The molecule has 1 aliphatic rings. The molecule has 0 aromatic carbocycles. The summed E-state index contributed by atoms with van der Waals surface area (Å²) in [5.74, 6) is -0.530. The molecule has 0 amide bonds. The van der Waals surface area contributed by atoms with Gasteiger partial charge in [0, 0.05) is 23.8 Å². The van der Waals surface area contributed by atoms with Crippen LogP contribution in [0.5, 0.6) is 0 Å². The molecule has 18 heavy (non-hydrogen) atoms. The summed E-state index contributed by atoms with van der Waals surface area (Å²) in [5, 5.41) is 12.2. The van der Waals surface area contributed by atoms with E-state index in [0.717, 1.165) is 26.2 Å². The van der Waals surface area contributed by atoms with Gasteiger partial charge in [-0.25, -0.2) is 9.78 Å². The van der Waals surface area contributed by atoms with E-state index in [1.165, 1.54) is 12.8 Å². The maximum Gasteiger partial charge on any atom is 0.339 e. The van der Waals surface area contributed by atoms with Crippen LogP contribution in [0.4, 0.5) is 5.82 Å². The Morgan fingerprint density at radius 1 is 1.50 bits per heavy atom. The number of nitrogens with one attached hydrogen (secondary N) is 1. The SMILES string of the molecule is O=C(O)c1cc(Br)cnc1NCCN1CCCC1. The van der Waals surface area contributed by atoms with E-state index in [1.54, 1.807) is 12.3 Å². The van der Waals surface area contributed by atoms with Crippen molar-refractivity contribution >= 4 is 27.7 Å². The molecule has 1 aliphatic heterocycles. The predicted molar refractivity (Wildman–Crippen MR) is 73.1 cm³/mol. The number of carboxylic acid groups (broad SMARTS) is 1. The van der Waals surface area contributed by atoms with Crippen molar-refractivity contribution in [3.05, 3.63) is 22.3 Å². The average molecular weight is 314 g/mol. The van der Waals surface area contributed by atoms with Gasteiger partial charge in [-0.3, -0.25) is 0 Å². The number of hydrogen-bond donors (Lipinski definition) is 2. The fraction of sp³-hybridized carbons (Fsp3) is 0.500. The molecule has 6 heteroatoms. The lowest BCUT2D eigenvalue weighted by Crippen LogP contribution is -2.26. The first-order chi connectivity index (χ1) is 8.66. The van der Waals surface area contributed by atoms with Crippen molar-refractivity contribution in [1.29, 1.82) is 0 Å². The summed E-state index contributed by atoms with van der Waals surface area (Å²) in [4.78, 5) is 17.6. The number of halogens is 1. The van der Waals surface area contributed by atoms with Gasteiger partial charge in [-0.05, 0) is 47.9 Å². The number of likely N-dealkylation sites (tertiary alicyclic amines) is 1. The molecule has 0 aliphatic carbocycles. The largest absolute Gasteiger partial charge is 0.478 e. The molecular formula is C12H16BrN3O2. The number of rotatable bonds is 5. The Labute approximate surface area is 114 Å². The third-order valence-electron chi connectivity index (χ3n) is 3.00. The van der Waals surface area contributed by atoms with Crippen molar-refractivity contribution in [2.24, 2.45) is 0 Å². The normalized spacial score (nSPS) is 15.8. The number of aromatic nitrogens is 1. The third-order valence-corrected chi connectivity index (χ3v) is 3.44. The molecule has 1 aromatic heterocycles. The Morgan fingerprint density at radius 2 is 2.22 bits per heavy atom. The number of pyridine rings is 1. The average Bonchev–Trinajstić information content (AvgIpc) is 2.84. The van der Waals surface area contributed by atoms with E-state index in [-0.39, 0.29) is 5.56 Å². The van der Waals surface area contributed by atoms with Crippen LogP contribution in [0.3, 0.4) is 0 Å². The maximum absolute atomic E-state index is 11.1. The number of hydrogen-bond acceptors (Lipinski definition) is 4. The highest BCUT2D eigenvalue weighted by Gasteiger charge is 2.13. The van der Waals surface area contributed by atoms with Gasteiger partial charge >= 0.3 is 5.97 Å². The van der Waals surface area contributed by atoms with E-state index in [2.05, 4.69) is 31.1 Å². The molecule has 1 saturated heterocycles. The number of nitrogens with zero attached hydrogens (tertiary/aromatic N) is 2. The summed E-state index contributed by atoms with van der Waals surface area (Å²) in [7, 11) is 0. The fourth-order valence-electron chi connectivity index (χ4n) is 2.08. The Kier molecular flexibility index (Phi) is 4.54. The molecular weight excluding hydrogens is 298 g/mol. The van der Waals surface area contributed by atoms with Crippen LogP contribution >= 0.6 is 15.9 Å². The highest BCUT2D eigenvalue weighted by atomic mass is 79.9. The van der Waals surface area contributed by atoms with Gasteiger partial charge in [0.15, 0.2) is 0 Å². The molecule has 2 rings (SSSR count). The van der Waals surface area contributed by atoms with Gasteiger partial charge in [0.2, 0.25) is 0 Å². The summed E-state index contributed by atoms with van der Waals surface area (Å²) in [6.07, 6.45) is 4.12. The van der Waals surface area contributed by atoms with Crippen molar-refractivity contribution in [3.63, 3.8) is 0 Å². The highest BCUT2D eigenvalue weighted by Crippen LogP contribution is 2.18. The Bertz CT molecular complexity index is 433. The first kappa shape index (κ1) is 13.3. The molecule has 2 heterocycles. The van der Waals surface area contributed by atoms with E-state index in [9.17, 15) is 4.79 Å². The molecule has 1 aromatic rings. The number of anilines is 1. The smallest absolute Gasteiger partial charge is 0.339 e. The van der Waals surface area contributed by atoms with Gasteiger partial charge in [-0.2, -0.15) is 0 Å². The van der Waals surface area contributed by atoms with E-state index in [1.807, 2.05) is 0 Å². The first-order valence-corrected chi connectivity index (χ1v) is 6.81. The lowest BCUT2D eigenvalue weighted by molar-refractivity contribution is 0.0697. The van der Waals surface area contributed by atoms with Crippen LogP contribution in [0, 0.1) is 0 Å². The predicted octanol–water partition coefficient (Wildman–Crippen LogP) is 2.05. The lowest BCUT2D eigenvalue weighted by atomic mass is 10.2. The van der Waals surface area contributed by atoms with Crippen molar-refractivity contribution < 1.29 is 9.90 Å². The summed E-state index contributed by atoms with van der Waals surface area (Å²) in [5.41, 5.74) is 0.200. The zero-order chi connectivity index (χ0) is 13.0. The topological polar surface area (TPSA) is 65.5 Å². The van der Waals surface area contributed by atoms with Crippen LogP contribution in [0.1, 0.15) is 23.2 Å². The highest BCUT2D eigenvalue weighted by molar-refractivity contribution is 9.10. The quantitative estimate of drug-likeness (QED) is 0.871. The zero-order valence-corrected chi connectivity index (χ0v) is 11.6. The third kappa shape index (κ3) is 3.43. The van der Waals surface area contributed by atoms with Crippen LogP contribution < -0.4 is 5.32 Å².